The summed E-state index contributed by atoms with van der Waals surface area (Å²) in [6, 6.07) is 0. The highest BCUT2D eigenvalue weighted by Gasteiger charge is 2.65. The monoisotopic (exact) mass is 413 g/mol. The molecule has 0 saturated heterocycles. The molecule has 3 unspecified atom stereocenters. The van der Waals surface area contributed by atoms with Gasteiger partial charge in [-0.05, 0) is 81.0 Å². The van der Waals surface area contributed by atoms with E-state index in [1.54, 1.807) is 0 Å². The number of fused-ring (bicyclic) bond motifs is 5. The van der Waals surface area contributed by atoms with Crippen LogP contribution in [0.5, 0.6) is 0 Å². The van der Waals surface area contributed by atoms with Gasteiger partial charge < -0.3 is 10.2 Å². The third-order valence-corrected chi connectivity index (χ3v) is 9.93. The predicted molar refractivity (Wildman–Crippen MR) is 117 cm³/mol. The SMILES string of the molecule is CCCCn1cc([C@]2(O)CCC3C4CC=C5C[C@@H](O)CC[C@]5(C)C4CC[C@@]32C)nn1. The van der Waals surface area contributed by atoms with E-state index in [2.05, 4.69) is 37.2 Å². The molecule has 4 aliphatic carbocycles. The molecule has 3 saturated carbocycles. The minimum atomic E-state index is -0.860. The van der Waals surface area contributed by atoms with Crippen LogP contribution in [0.25, 0.3) is 0 Å². The van der Waals surface area contributed by atoms with E-state index in [1.807, 2.05) is 10.9 Å². The van der Waals surface area contributed by atoms with Crippen molar-refractivity contribution < 1.29 is 10.2 Å². The van der Waals surface area contributed by atoms with Crippen molar-refractivity contribution in [2.75, 3.05) is 0 Å². The van der Waals surface area contributed by atoms with Crippen molar-refractivity contribution >= 4 is 0 Å². The van der Waals surface area contributed by atoms with Gasteiger partial charge in [-0.3, -0.25) is 4.68 Å². The van der Waals surface area contributed by atoms with Crippen molar-refractivity contribution in [3.05, 3.63) is 23.5 Å². The molecule has 0 spiro atoms. The first-order valence-electron chi connectivity index (χ1n) is 12.3. The highest BCUT2D eigenvalue weighted by atomic mass is 16.3. The lowest BCUT2D eigenvalue weighted by Gasteiger charge is -2.58. The molecule has 166 valence electrons. The first-order chi connectivity index (χ1) is 14.3. The molecule has 4 aliphatic rings. The van der Waals surface area contributed by atoms with Gasteiger partial charge in [-0.25, -0.2) is 0 Å². The maximum Gasteiger partial charge on any atom is 0.116 e. The average molecular weight is 414 g/mol. The van der Waals surface area contributed by atoms with Gasteiger partial charge in [-0.15, -0.1) is 5.10 Å². The number of aliphatic hydroxyl groups is 2. The predicted octanol–water partition coefficient (Wildman–Crippen LogP) is 4.59. The molecule has 0 amide bonds. The van der Waals surface area contributed by atoms with E-state index in [4.69, 9.17) is 0 Å². The third-order valence-electron chi connectivity index (χ3n) is 9.93. The van der Waals surface area contributed by atoms with Crippen LogP contribution in [0.1, 0.15) is 90.7 Å². The van der Waals surface area contributed by atoms with Gasteiger partial charge in [-0.2, -0.15) is 0 Å². The summed E-state index contributed by atoms with van der Waals surface area (Å²) in [5.41, 5.74) is 1.56. The van der Waals surface area contributed by atoms with Crippen LogP contribution >= 0.6 is 0 Å². The second-order valence-corrected chi connectivity index (χ2v) is 11.2. The smallest absolute Gasteiger partial charge is 0.116 e. The average Bonchev–Trinajstić information content (AvgIpc) is 3.31. The molecule has 1 heterocycles. The van der Waals surface area contributed by atoms with Gasteiger partial charge >= 0.3 is 0 Å². The first kappa shape index (κ1) is 20.7. The lowest BCUT2D eigenvalue weighted by atomic mass is 9.47. The highest BCUT2D eigenvalue weighted by Crippen LogP contribution is 2.68. The van der Waals surface area contributed by atoms with Crippen LogP contribution in [-0.4, -0.2) is 31.3 Å². The minimum absolute atomic E-state index is 0.129. The number of hydrogen-bond donors (Lipinski definition) is 2. The molecule has 0 radical (unpaired) electrons. The fourth-order valence-electron chi connectivity index (χ4n) is 8.00. The molecular formula is C25H39N3O2. The fourth-order valence-corrected chi connectivity index (χ4v) is 8.00. The summed E-state index contributed by atoms with van der Waals surface area (Å²) in [4.78, 5) is 0. The van der Waals surface area contributed by atoms with Gasteiger partial charge in [0.15, 0.2) is 0 Å². The topological polar surface area (TPSA) is 71.2 Å². The van der Waals surface area contributed by atoms with Crippen LogP contribution in [0.2, 0.25) is 0 Å². The zero-order valence-electron chi connectivity index (χ0n) is 19.0. The van der Waals surface area contributed by atoms with E-state index in [0.29, 0.717) is 17.8 Å². The molecule has 7 atom stereocenters. The number of nitrogens with zero attached hydrogens (tertiary/aromatic N) is 3. The second-order valence-electron chi connectivity index (χ2n) is 11.2. The lowest BCUT2D eigenvalue weighted by molar-refractivity contribution is -0.131. The number of aliphatic hydroxyl groups excluding tert-OH is 1. The molecule has 5 rings (SSSR count). The van der Waals surface area contributed by atoms with E-state index in [1.165, 1.54) is 12.0 Å². The molecule has 3 fully saturated rings. The minimum Gasteiger partial charge on any atom is -0.393 e. The van der Waals surface area contributed by atoms with Gasteiger partial charge in [-0.1, -0.05) is 44.1 Å². The Bertz CT molecular complexity index is 834. The van der Waals surface area contributed by atoms with Crippen molar-refractivity contribution in [3.63, 3.8) is 0 Å². The summed E-state index contributed by atoms with van der Waals surface area (Å²) < 4.78 is 1.92. The number of allylic oxidation sites excluding steroid dienone is 1. The van der Waals surface area contributed by atoms with E-state index < -0.39 is 5.60 Å². The summed E-state index contributed by atoms with van der Waals surface area (Å²) in [5, 5.41) is 31.0. The molecule has 5 nitrogen and oxygen atoms in total. The molecule has 5 heteroatoms. The van der Waals surface area contributed by atoms with Crippen LogP contribution in [0.4, 0.5) is 0 Å². The van der Waals surface area contributed by atoms with Crippen LogP contribution in [0.3, 0.4) is 0 Å². The van der Waals surface area contributed by atoms with E-state index in [0.717, 1.165) is 70.0 Å². The van der Waals surface area contributed by atoms with Crippen molar-refractivity contribution in [3.8, 4) is 0 Å². The zero-order valence-corrected chi connectivity index (χ0v) is 19.0. The summed E-state index contributed by atoms with van der Waals surface area (Å²) in [6.07, 6.45) is 14.7. The summed E-state index contributed by atoms with van der Waals surface area (Å²) >= 11 is 0. The number of unbranched alkanes of at least 4 members (excludes halogenated alkanes) is 1. The van der Waals surface area contributed by atoms with Crippen molar-refractivity contribution in [2.45, 2.75) is 103 Å². The molecular weight excluding hydrogens is 374 g/mol. The van der Waals surface area contributed by atoms with Gasteiger partial charge in [0.05, 0.1) is 12.3 Å². The normalized spacial score (nSPS) is 45.4. The Kier molecular flexibility index (Phi) is 4.94. The Labute approximate surface area is 180 Å². The Hall–Kier alpha value is -1.20. The number of aryl methyl sites for hydroxylation is 1. The molecule has 1 aromatic heterocycles. The second kappa shape index (κ2) is 7.16. The standard InChI is InChI=1S/C25H39N3O2/c1-4-5-14-28-16-22(26-27-28)25(30)13-10-21-19-7-6-17-15-18(29)8-11-23(17,2)20(19)9-12-24(21,25)3/h6,16,18-21,29-30H,4-5,7-15H2,1-3H3/t18-,19?,20?,21?,23-,24-,25+/m0/s1. The van der Waals surface area contributed by atoms with E-state index >= 15 is 0 Å². The van der Waals surface area contributed by atoms with Gasteiger partial charge in [0, 0.05) is 12.0 Å². The van der Waals surface area contributed by atoms with Crippen molar-refractivity contribution in [2.24, 2.45) is 28.6 Å². The molecule has 0 bridgehead atoms. The quantitative estimate of drug-likeness (QED) is 0.708. The van der Waals surface area contributed by atoms with E-state index in [-0.39, 0.29) is 16.9 Å². The number of hydrogen-bond acceptors (Lipinski definition) is 4. The zero-order chi connectivity index (χ0) is 21.1. The van der Waals surface area contributed by atoms with Crippen LogP contribution in [-0.2, 0) is 12.1 Å². The Balaban J connectivity index is 1.43. The van der Waals surface area contributed by atoms with Crippen molar-refractivity contribution in [1.82, 2.24) is 15.0 Å². The van der Waals surface area contributed by atoms with Crippen molar-refractivity contribution in [1.29, 1.82) is 0 Å². The van der Waals surface area contributed by atoms with E-state index in [9.17, 15) is 10.2 Å². The number of aromatic nitrogens is 3. The largest absolute Gasteiger partial charge is 0.393 e. The number of rotatable bonds is 4. The Morgan fingerprint density at radius 2 is 1.93 bits per heavy atom. The first-order valence-corrected chi connectivity index (χ1v) is 12.3. The Morgan fingerprint density at radius 1 is 1.13 bits per heavy atom. The van der Waals surface area contributed by atoms with Gasteiger partial charge in [0.1, 0.15) is 11.3 Å². The molecule has 1 aromatic rings. The summed E-state index contributed by atoms with van der Waals surface area (Å²) in [6.45, 7) is 7.86. The third kappa shape index (κ3) is 2.80. The Morgan fingerprint density at radius 3 is 2.73 bits per heavy atom. The van der Waals surface area contributed by atoms with Crippen LogP contribution in [0, 0.1) is 28.6 Å². The van der Waals surface area contributed by atoms with Gasteiger partial charge in [0.2, 0.25) is 0 Å². The molecule has 0 aliphatic heterocycles. The maximum absolute atomic E-state index is 12.0. The molecule has 0 aromatic carbocycles. The summed E-state index contributed by atoms with van der Waals surface area (Å²) in [7, 11) is 0. The lowest BCUT2D eigenvalue weighted by Crippen LogP contribution is -2.53. The molecule has 30 heavy (non-hydrogen) atoms. The highest BCUT2D eigenvalue weighted by molar-refractivity contribution is 5.27. The van der Waals surface area contributed by atoms with Crippen LogP contribution in [0.15, 0.2) is 17.8 Å². The van der Waals surface area contributed by atoms with Gasteiger partial charge in [0.25, 0.3) is 0 Å². The summed E-state index contributed by atoms with van der Waals surface area (Å²) in [5.74, 6) is 1.85. The maximum atomic E-state index is 12.0. The molecule has 2 N–H and O–H groups in total. The van der Waals surface area contributed by atoms with Crippen LogP contribution < -0.4 is 0 Å². The fraction of sp³-hybridized carbons (Fsp3) is 0.840.